The van der Waals surface area contributed by atoms with Crippen LogP contribution in [0.25, 0.3) is 0 Å². The summed E-state index contributed by atoms with van der Waals surface area (Å²) in [5.41, 5.74) is 7.64. The van der Waals surface area contributed by atoms with Crippen molar-refractivity contribution in [3.8, 4) is 11.5 Å². The number of hydrogen-bond donors (Lipinski definition) is 1. The molecule has 0 radical (unpaired) electrons. The Bertz CT molecular complexity index is 497. The average molecular weight is 228 g/mol. The predicted octanol–water partition coefficient (Wildman–Crippen LogP) is 2.89. The first-order valence-electron chi connectivity index (χ1n) is 5.74. The molecule has 17 heavy (non-hydrogen) atoms. The zero-order chi connectivity index (χ0) is 12.1. The van der Waals surface area contributed by atoms with E-state index in [2.05, 4.69) is 18.0 Å². The number of hydrogen-bond acceptors (Lipinski definition) is 3. The van der Waals surface area contributed by atoms with Crippen molar-refractivity contribution in [2.24, 2.45) is 5.73 Å². The highest BCUT2D eigenvalue weighted by molar-refractivity contribution is 5.35. The Morgan fingerprint density at radius 3 is 2.88 bits per heavy atom. The molecule has 3 heteroatoms. The van der Waals surface area contributed by atoms with E-state index in [-0.39, 0.29) is 0 Å². The van der Waals surface area contributed by atoms with E-state index in [0.717, 1.165) is 23.6 Å². The first kappa shape index (κ1) is 11.6. The maximum absolute atomic E-state index is 5.80. The van der Waals surface area contributed by atoms with Gasteiger partial charge in [0.2, 0.25) is 0 Å². The number of aryl methyl sites for hydroxylation is 1. The minimum atomic E-state index is 0.379. The number of benzene rings is 1. The molecule has 88 valence electrons. The van der Waals surface area contributed by atoms with Gasteiger partial charge in [-0.2, -0.15) is 0 Å². The molecule has 1 heterocycles. The van der Waals surface area contributed by atoms with Crippen molar-refractivity contribution in [2.45, 2.75) is 19.9 Å². The molecule has 0 aliphatic carbocycles. The molecule has 2 N–H and O–H groups in total. The fourth-order valence-corrected chi connectivity index (χ4v) is 1.63. The summed E-state index contributed by atoms with van der Waals surface area (Å²) in [6, 6.07) is 11.8. The molecule has 1 aromatic heterocycles. The normalized spacial score (nSPS) is 10.2. The van der Waals surface area contributed by atoms with Gasteiger partial charge in [0, 0.05) is 12.7 Å². The molecule has 0 saturated carbocycles. The smallest absolute Gasteiger partial charge is 0.150 e. The Labute approximate surface area is 101 Å². The Morgan fingerprint density at radius 1 is 1.24 bits per heavy atom. The molecule has 0 atom stereocenters. The molecule has 0 unspecified atom stereocenters. The van der Waals surface area contributed by atoms with Gasteiger partial charge in [0.15, 0.2) is 0 Å². The lowest BCUT2D eigenvalue weighted by molar-refractivity contribution is 0.472. The lowest BCUT2D eigenvalue weighted by Gasteiger charge is -2.09. The average Bonchev–Trinajstić information content (AvgIpc) is 2.39. The molecular weight excluding hydrogens is 212 g/mol. The summed E-state index contributed by atoms with van der Waals surface area (Å²) in [5.74, 6) is 1.55. The van der Waals surface area contributed by atoms with Crippen molar-refractivity contribution in [3.05, 3.63) is 53.9 Å². The number of ether oxygens (including phenoxy) is 1. The highest BCUT2D eigenvalue weighted by Crippen LogP contribution is 2.24. The summed E-state index contributed by atoms with van der Waals surface area (Å²) >= 11 is 0. The molecule has 1 aromatic carbocycles. The van der Waals surface area contributed by atoms with Gasteiger partial charge < -0.3 is 10.5 Å². The monoisotopic (exact) mass is 228 g/mol. The van der Waals surface area contributed by atoms with Crippen LogP contribution in [0.4, 0.5) is 0 Å². The molecule has 2 aromatic rings. The molecule has 3 nitrogen and oxygen atoms in total. The van der Waals surface area contributed by atoms with Gasteiger partial charge in [0.1, 0.15) is 11.5 Å². The van der Waals surface area contributed by atoms with Crippen LogP contribution in [0.15, 0.2) is 42.6 Å². The van der Waals surface area contributed by atoms with Crippen LogP contribution in [0.3, 0.4) is 0 Å². The van der Waals surface area contributed by atoms with Crippen LogP contribution < -0.4 is 10.5 Å². The van der Waals surface area contributed by atoms with Crippen LogP contribution >= 0.6 is 0 Å². The maximum Gasteiger partial charge on any atom is 0.150 e. The Morgan fingerprint density at radius 2 is 2.12 bits per heavy atom. The number of aromatic nitrogens is 1. The van der Waals surface area contributed by atoms with Gasteiger partial charge in [-0.05, 0) is 36.2 Å². The van der Waals surface area contributed by atoms with Gasteiger partial charge in [-0.15, -0.1) is 0 Å². The number of nitrogens with two attached hydrogens (primary N) is 1. The Kier molecular flexibility index (Phi) is 3.73. The van der Waals surface area contributed by atoms with Crippen LogP contribution in [-0.2, 0) is 13.0 Å². The largest absolute Gasteiger partial charge is 0.455 e. The summed E-state index contributed by atoms with van der Waals surface area (Å²) in [7, 11) is 0. The quantitative estimate of drug-likeness (QED) is 0.875. The zero-order valence-electron chi connectivity index (χ0n) is 9.89. The molecule has 0 aliphatic rings. The van der Waals surface area contributed by atoms with Gasteiger partial charge in [0.25, 0.3) is 0 Å². The summed E-state index contributed by atoms with van der Waals surface area (Å²) in [6.45, 7) is 2.50. The zero-order valence-corrected chi connectivity index (χ0v) is 9.89. The third kappa shape index (κ3) is 2.82. The summed E-state index contributed by atoms with van der Waals surface area (Å²) in [6.07, 6.45) is 2.71. The van der Waals surface area contributed by atoms with Crippen molar-refractivity contribution in [1.29, 1.82) is 0 Å². The van der Waals surface area contributed by atoms with Crippen LogP contribution in [0, 0.1) is 0 Å². The van der Waals surface area contributed by atoms with E-state index < -0.39 is 0 Å². The topological polar surface area (TPSA) is 48.1 Å². The summed E-state index contributed by atoms with van der Waals surface area (Å²) in [5, 5.41) is 0. The summed E-state index contributed by atoms with van der Waals surface area (Å²) in [4.78, 5) is 4.19. The van der Waals surface area contributed by atoms with E-state index >= 15 is 0 Å². The summed E-state index contributed by atoms with van der Waals surface area (Å²) < 4.78 is 5.80. The first-order valence-corrected chi connectivity index (χ1v) is 5.74. The molecule has 0 fully saturated rings. The predicted molar refractivity (Wildman–Crippen MR) is 68.0 cm³/mol. The molecule has 0 bridgehead atoms. The fraction of sp³-hybridized carbons (Fsp3) is 0.214. The van der Waals surface area contributed by atoms with Gasteiger partial charge >= 0.3 is 0 Å². The SMILES string of the molecule is CCc1cccc(Oc2cccnc2CN)c1. The van der Waals surface area contributed by atoms with Crippen molar-refractivity contribution < 1.29 is 4.74 Å². The second kappa shape index (κ2) is 5.46. The van der Waals surface area contributed by atoms with E-state index in [4.69, 9.17) is 10.5 Å². The Hall–Kier alpha value is -1.87. The van der Waals surface area contributed by atoms with Crippen molar-refractivity contribution >= 4 is 0 Å². The fourth-order valence-electron chi connectivity index (χ4n) is 1.63. The highest BCUT2D eigenvalue weighted by atomic mass is 16.5. The number of nitrogens with zero attached hydrogens (tertiary/aromatic N) is 1. The van der Waals surface area contributed by atoms with Gasteiger partial charge in [0.05, 0.1) is 5.69 Å². The van der Waals surface area contributed by atoms with E-state index in [1.165, 1.54) is 5.56 Å². The molecular formula is C14H16N2O. The van der Waals surface area contributed by atoms with Crippen LogP contribution in [-0.4, -0.2) is 4.98 Å². The van der Waals surface area contributed by atoms with E-state index in [0.29, 0.717) is 6.54 Å². The lowest BCUT2D eigenvalue weighted by Crippen LogP contribution is -2.01. The number of pyridine rings is 1. The van der Waals surface area contributed by atoms with E-state index in [1.807, 2.05) is 30.3 Å². The second-order valence-electron chi connectivity index (χ2n) is 3.76. The molecule has 2 rings (SSSR count). The van der Waals surface area contributed by atoms with Gasteiger partial charge in [-0.1, -0.05) is 19.1 Å². The third-order valence-electron chi connectivity index (χ3n) is 2.58. The minimum Gasteiger partial charge on any atom is -0.455 e. The minimum absolute atomic E-state index is 0.379. The number of rotatable bonds is 4. The van der Waals surface area contributed by atoms with Crippen LogP contribution in [0.2, 0.25) is 0 Å². The molecule has 0 aliphatic heterocycles. The van der Waals surface area contributed by atoms with Crippen molar-refractivity contribution in [2.75, 3.05) is 0 Å². The van der Waals surface area contributed by atoms with Gasteiger partial charge in [-0.25, -0.2) is 0 Å². The lowest BCUT2D eigenvalue weighted by atomic mass is 10.2. The van der Waals surface area contributed by atoms with Crippen molar-refractivity contribution in [3.63, 3.8) is 0 Å². The Balaban J connectivity index is 2.24. The van der Waals surface area contributed by atoms with E-state index in [9.17, 15) is 0 Å². The van der Waals surface area contributed by atoms with Crippen molar-refractivity contribution in [1.82, 2.24) is 4.98 Å². The third-order valence-corrected chi connectivity index (χ3v) is 2.58. The highest BCUT2D eigenvalue weighted by Gasteiger charge is 2.04. The standard InChI is InChI=1S/C14H16N2O/c1-2-11-5-3-6-12(9-11)17-14-7-4-8-16-13(14)10-15/h3-9H,2,10,15H2,1H3. The van der Waals surface area contributed by atoms with E-state index in [1.54, 1.807) is 6.20 Å². The van der Waals surface area contributed by atoms with Crippen LogP contribution in [0.5, 0.6) is 11.5 Å². The molecule has 0 amide bonds. The van der Waals surface area contributed by atoms with Crippen LogP contribution in [0.1, 0.15) is 18.2 Å². The maximum atomic E-state index is 5.80. The molecule has 0 saturated heterocycles. The molecule has 0 spiro atoms. The van der Waals surface area contributed by atoms with Gasteiger partial charge in [-0.3, -0.25) is 4.98 Å². The second-order valence-corrected chi connectivity index (χ2v) is 3.76. The first-order chi connectivity index (χ1) is 8.33.